The number of rotatable bonds is 7. The zero-order chi connectivity index (χ0) is 18.5. The SMILES string of the molecule is Cc1ccccc1OCCN(C)C(=O)Cc1csc(-c2cc(Br)cs2)n1. The van der Waals surface area contributed by atoms with Crippen molar-refractivity contribution in [1.29, 1.82) is 0 Å². The van der Waals surface area contributed by atoms with Crippen LogP contribution in [0.2, 0.25) is 0 Å². The quantitative estimate of drug-likeness (QED) is 0.507. The molecule has 0 aliphatic carbocycles. The maximum Gasteiger partial charge on any atom is 0.228 e. The average molecular weight is 451 g/mol. The minimum absolute atomic E-state index is 0.0441. The van der Waals surface area contributed by atoms with E-state index < -0.39 is 0 Å². The number of thiazole rings is 1. The summed E-state index contributed by atoms with van der Waals surface area (Å²) in [5.74, 6) is 0.905. The van der Waals surface area contributed by atoms with E-state index in [4.69, 9.17) is 4.74 Å². The van der Waals surface area contributed by atoms with Gasteiger partial charge in [0.1, 0.15) is 17.4 Å². The molecule has 0 fully saturated rings. The van der Waals surface area contributed by atoms with Crippen LogP contribution in [0.1, 0.15) is 11.3 Å². The van der Waals surface area contributed by atoms with Crippen LogP contribution >= 0.6 is 38.6 Å². The van der Waals surface area contributed by atoms with Gasteiger partial charge in [0, 0.05) is 22.3 Å². The van der Waals surface area contributed by atoms with E-state index >= 15 is 0 Å². The first kappa shape index (κ1) is 19.1. The molecule has 0 spiro atoms. The number of hydrogen-bond acceptors (Lipinski definition) is 5. The van der Waals surface area contributed by atoms with E-state index in [0.717, 1.165) is 31.4 Å². The molecule has 1 amide bonds. The monoisotopic (exact) mass is 450 g/mol. The van der Waals surface area contributed by atoms with Crippen LogP contribution in [0.25, 0.3) is 9.88 Å². The second-order valence-corrected chi connectivity index (χ2v) is 8.56. The van der Waals surface area contributed by atoms with Gasteiger partial charge in [0.25, 0.3) is 0 Å². The van der Waals surface area contributed by atoms with Crippen LogP contribution in [0.4, 0.5) is 0 Å². The molecule has 0 radical (unpaired) electrons. The third kappa shape index (κ3) is 4.93. The van der Waals surface area contributed by atoms with Gasteiger partial charge in [-0.05, 0) is 40.5 Å². The number of amides is 1. The lowest BCUT2D eigenvalue weighted by atomic mass is 10.2. The van der Waals surface area contributed by atoms with Crippen LogP contribution in [-0.4, -0.2) is 36.0 Å². The Bertz CT molecular complexity index is 891. The Hall–Kier alpha value is -1.70. The van der Waals surface area contributed by atoms with E-state index in [1.165, 1.54) is 0 Å². The summed E-state index contributed by atoms with van der Waals surface area (Å²) in [4.78, 5) is 19.8. The van der Waals surface area contributed by atoms with Crippen molar-refractivity contribution >= 4 is 44.5 Å². The lowest BCUT2D eigenvalue weighted by molar-refractivity contribution is -0.129. The number of carbonyl (C=O) groups excluding carboxylic acids is 1. The first-order chi connectivity index (χ1) is 12.5. The Kier molecular flexibility index (Phi) is 6.45. The molecular formula is C19H19BrN2O2S2. The largest absolute Gasteiger partial charge is 0.491 e. The van der Waals surface area contributed by atoms with E-state index in [1.807, 2.05) is 48.0 Å². The van der Waals surface area contributed by atoms with E-state index in [1.54, 1.807) is 34.6 Å². The van der Waals surface area contributed by atoms with Gasteiger partial charge in [0.15, 0.2) is 0 Å². The number of halogens is 1. The van der Waals surface area contributed by atoms with E-state index in [0.29, 0.717) is 19.6 Å². The molecule has 0 N–H and O–H groups in total. The molecule has 2 aromatic heterocycles. The molecule has 136 valence electrons. The molecule has 3 rings (SSSR count). The highest BCUT2D eigenvalue weighted by molar-refractivity contribution is 9.10. The van der Waals surface area contributed by atoms with Crippen molar-refractivity contribution in [3.8, 4) is 15.6 Å². The number of hydrogen-bond donors (Lipinski definition) is 0. The molecule has 2 heterocycles. The van der Waals surface area contributed by atoms with Gasteiger partial charge < -0.3 is 9.64 Å². The molecule has 4 nitrogen and oxygen atoms in total. The molecule has 0 aliphatic heterocycles. The molecular weight excluding hydrogens is 432 g/mol. The van der Waals surface area contributed by atoms with Crippen molar-refractivity contribution in [1.82, 2.24) is 9.88 Å². The lowest BCUT2D eigenvalue weighted by Gasteiger charge is -2.17. The molecule has 0 unspecified atom stereocenters. The predicted molar refractivity (Wildman–Crippen MR) is 111 cm³/mol. The van der Waals surface area contributed by atoms with Gasteiger partial charge in [-0.25, -0.2) is 4.98 Å². The van der Waals surface area contributed by atoms with Gasteiger partial charge in [-0.1, -0.05) is 18.2 Å². The molecule has 0 aliphatic rings. The van der Waals surface area contributed by atoms with E-state index in [-0.39, 0.29) is 5.91 Å². The lowest BCUT2D eigenvalue weighted by Crippen LogP contribution is -2.32. The highest BCUT2D eigenvalue weighted by Crippen LogP contribution is 2.32. The zero-order valence-electron chi connectivity index (χ0n) is 14.6. The number of ether oxygens (including phenoxy) is 1. The number of likely N-dealkylation sites (N-methyl/N-ethyl adjacent to an activating group) is 1. The van der Waals surface area contributed by atoms with Crippen molar-refractivity contribution in [3.63, 3.8) is 0 Å². The summed E-state index contributed by atoms with van der Waals surface area (Å²) < 4.78 is 6.82. The Morgan fingerprint density at radius 2 is 2.08 bits per heavy atom. The van der Waals surface area contributed by atoms with Gasteiger partial charge in [-0.3, -0.25) is 4.79 Å². The Morgan fingerprint density at radius 3 is 2.81 bits per heavy atom. The second kappa shape index (κ2) is 8.79. The fraction of sp³-hybridized carbons (Fsp3) is 0.263. The number of aryl methyl sites for hydroxylation is 1. The Labute approximate surface area is 169 Å². The number of carbonyl (C=O) groups is 1. The fourth-order valence-corrected chi connectivity index (χ4v) is 4.68. The summed E-state index contributed by atoms with van der Waals surface area (Å²) in [6, 6.07) is 9.93. The van der Waals surface area contributed by atoms with Gasteiger partial charge in [-0.15, -0.1) is 22.7 Å². The van der Waals surface area contributed by atoms with Crippen molar-refractivity contribution in [2.24, 2.45) is 0 Å². The fourth-order valence-electron chi connectivity index (χ4n) is 2.35. The number of aromatic nitrogens is 1. The van der Waals surface area contributed by atoms with Crippen molar-refractivity contribution < 1.29 is 9.53 Å². The number of nitrogens with zero attached hydrogens (tertiary/aromatic N) is 2. The summed E-state index contributed by atoms with van der Waals surface area (Å²) in [5, 5.41) is 4.94. The highest BCUT2D eigenvalue weighted by atomic mass is 79.9. The van der Waals surface area contributed by atoms with E-state index in [2.05, 4.69) is 20.9 Å². The number of thiophene rings is 1. The summed E-state index contributed by atoms with van der Waals surface area (Å²) in [7, 11) is 1.80. The Balaban J connectivity index is 1.50. The smallest absolute Gasteiger partial charge is 0.228 e. The Morgan fingerprint density at radius 1 is 1.27 bits per heavy atom. The standard InChI is InChI=1S/C19H19BrN2O2S2/c1-13-5-3-4-6-16(13)24-8-7-22(2)18(23)10-15-12-26-19(21-15)17-9-14(20)11-25-17/h3-6,9,11-12H,7-8,10H2,1-2H3. The van der Waals surface area contributed by atoms with Crippen LogP contribution < -0.4 is 4.74 Å². The van der Waals surface area contributed by atoms with Gasteiger partial charge in [0.2, 0.25) is 5.91 Å². The summed E-state index contributed by atoms with van der Waals surface area (Å²) in [6.45, 7) is 3.02. The molecule has 0 saturated carbocycles. The number of benzene rings is 1. The summed E-state index contributed by atoms with van der Waals surface area (Å²) in [6.07, 6.45) is 0.309. The third-order valence-corrected chi connectivity index (χ3v) is 6.62. The molecule has 0 saturated heterocycles. The second-order valence-electron chi connectivity index (χ2n) is 5.88. The molecule has 7 heteroatoms. The average Bonchev–Trinajstić information content (AvgIpc) is 3.25. The maximum atomic E-state index is 12.4. The zero-order valence-corrected chi connectivity index (χ0v) is 17.8. The van der Waals surface area contributed by atoms with Crippen molar-refractivity contribution in [3.05, 3.63) is 56.8 Å². The van der Waals surface area contributed by atoms with Crippen LogP contribution in [-0.2, 0) is 11.2 Å². The van der Waals surface area contributed by atoms with Gasteiger partial charge in [-0.2, -0.15) is 0 Å². The molecule has 26 heavy (non-hydrogen) atoms. The van der Waals surface area contributed by atoms with Gasteiger partial charge in [0.05, 0.1) is 23.5 Å². The molecule has 3 aromatic rings. The summed E-state index contributed by atoms with van der Waals surface area (Å²) in [5.41, 5.74) is 1.91. The molecule has 0 atom stereocenters. The third-order valence-electron chi connectivity index (χ3n) is 3.87. The normalized spacial score (nSPS) is 10.7. The van der Waals surface area contributed by atoms with Crippen molar-refractivity contribution in [2.45, 2.75) is 13.3 Å². The predicted octanol–water partition coefficient (Wildman–Crippen LogP) is 5.02. The van der Waals surface area contributed by atoms with Crippen LogP contribution in [0.15, 0.2) is 45.6 Å². The van der Waals surface area contributed by atoms with Crippen molar-refractivity contribution in [2.75, 3.05) is 20.2 Å². The molecule has 1 aromatic carbocycles. The first-order valence-corrected chi connectivity index (χ1v) is 10.7. The maximum absolute atomic E-state index is 12.4. The minimum Gasteiger partial charge on any atom is -0.491 e. The topological polar surface area (TPSA) is 42.4 Å². The highest BCUT2D eigenvalue weighted by Gasteiger charge is 2.14. The van der Waals surface area contributed by atoms with E-state index in [9.17, 15) is 4.79 Å². The molecule has 0 bridgehead atoms. The van der Waals surface area contributed by atoms with Gasteiger partial charge >= 0.3 is 0 Å². The van der Waals surface area contributed by atoms with Crippen LogP contribution in [0.5, 0.6) is 5.75 Å². The first-order valence-electron chi connectivity index (χ1n) is 8.14. The minimum atomic E-state index is 0.0441. The summed E-state index contributed by atoms with van der Waals surface area (Å²) >= 11 is 6.67. The number of para-hydroxylation sites is 1. The van der Waals surface area contributed by atoms with Crippen LogP contribution in [0, 0.1) is 6.92 Å². The van der Waals surface area contributed by atoms with Crippen LogP contribution in [0.3, 0.4) is 0 Å².